The van der Waals surface area contributed by atoms with Crippen molar-refractivity contribution in [2.24, 2.45) is 11.8 Å². The quantitative estimate of drug-likeness (QED) is 0.172. The highest BCUT2D eigenvalue weighted by molar-refractivity contribution is 6.10. The number of hydrogen-bond acceptors (Lipinski definition) is 1. The zero-order valence-corrected chi connectivity index (χ0v) is 29.0. The van der Waals surface area contributed by atoms with Gasteiger partial charge in [0, 0.05) is 39.8 Å². The van der Waals surface area contributed by atoms with Gasteiger partial charge in [-0.15, -0.1) is 0 Å². The van der Waals surface area contributed by atoms with E-state index >= 15 is 0 Å². The Morgan fingerprint density at radius 1 is 0.620 bits per heavy atom. The number of aromatic nitrogens is 1. The third-order valence-electron chi connectivity index (χ3n) is 12.5. The van der Waals surface area contributed by atoms with E-state index in [1.54, 1.807) is 22.5 Å². The highest BCUT2D eigenvalue weighted by atomic mass is 15.2. The highest BCUT2D eigenvalue weighted by Gasteiger charge is 2.41. The first kappa shape index (κ1) is 30.0. The molecule has 248 valence electrons. The summed E-state index contributed by atoms with van der Waals surface area (Å²) < 4.78 is 2.46. The molecule has 0 spiro atoms. The molecule has 2 heteroatoms. The van der Waals surface area contributed by atoms with E-state index in [0.717, 1.165) is 12.3 Å². The molecule has 5 aromatic rings. The molecule has 5 aliphatic rings. The van der Waals surface area contributed by atoms with E-state index < -0.39 is 0 Å². The van der Waals surface area contributed by atoms with Gasteiger partial charge in [-0.1, -0.05) is 96.6 Å². The molecular formula is C48H46N2. The molecule has 4 aliphatic carbocycles. The van der Waals surface area contributed by atoms with Crippen LogP contribution in [0.3, 0.4) is 0 Å². The van der Waals surface area contributed by atoms with Crippen LogP contribution in [0.25, 0.3) is 44.2 Å². The van der Waals surface area contributed by atoms with E-state index in [1.807, 2.05) is 0 Å². The maximum Gasteiger partial charge on any atom is 0.0541 e. The molecule has 10 rings (SSSR count). The molecule has 2 nitrogen and oxygen atoms in total. The van der Waals surface area contributed by atoms with Gasteiger partial charge in [-0.3, -0.25) is 0 Å². The van der Waals surface area contributed by atoms with Crippen molar-refractivity contribution in [1.82, 2.24) is 9.47 Å². The van der Waals surface area contributed by atoms with Crippen LogP contribution in [0, 0.1) is 11.8 Å². The van der Waals surface area contributed by atoms with Crippen molar-refractivity contribution in [3.63, 3.8) is 0 Å². The average molecular weight is 651 g/mol. The zero-order valence-electron chi connectivity index (χ0n) is 29.0. The minimum atomic E-state index is 0.539. The van der Waals surface area contributed by atoms with Crippen LogP contribution in [0.4, 0.5) is 0 Å². The third kappa shape index (κ3) is 5.06. The minimum Gasteiger partial charge on any atom is -0.345 e. The normalized spacial score (nSPS) is 23.5. The summed E-state index contributed by atoms with van der Waals surface area (Å²) in [5.74, 6) is 1.33. The first-order valence-electron chi connectivity index (χ1n) is 19.3. The maximum atomic E-state index is 2.86. The molecule has 0 saturated carbocycles. The van der Waals surface area contributed by atoms with Crippen LogP contribution in [-0.4, -0.2) is 15.5 Å². The second-order valence-corrected chi connectivity index (χ2v) is 15.3. The van der Waals surface area contributed by atoms with Gasteiger partial charge in [-0.05, 0) is 141 Å². The maximum absolute atomic E-state index is 2.86. The third-order valence-corrected chi connectivity index (χ3v) is 12.5. The summed E-state index contributed by atoms with van der Waals surface area (Å²) in [4.78, 5) is 2.86. The van der Waals surface area contributed by atoms with E-state index in [-0.39, 0.29) is 0 Å². The molecule has 0 saturated heterocycles. The lowest BCUT2D eigenvalue weighted by molar-refractivity contribution is 0.274. The fourth-order valence-corrected chi connectivity index (χ4v) is 10.1. The lowest BCUT2D eigenvalue weighted by Gasteiger charge is -2.38. The van der Waals surface area contributed by atoms with Gasteiger partial charge in [0.1, 0.15) is 0 Å². The van der Waals surface area contributed by atoms with Gasteiger partial charge in [0.15, 0.2) is 0 Å². The summed E-state index contributed by atoms with van der Waals surface area (Å²) in [6.45, 7) is 0. The number of rotatable bonds is 5. The molecule has 0 N–H and O–H groups in total. The summed E-state index contributed by atoms with van der Waals surface area (Å²) in [5.41, 5.74) is 15.9. The number of fused-ring (bicyclic) bond motifs is 5. The van der Waals surface area contributed by atoms with E-state index in [1.165, 1.54) is 114 Å². The summed E-state index contributed by atoms with van der Waals surface area (Å²) in [5, 5.41) is 2.66. The van der Waals surface area contributed by atoms with E-state index in [0.29, 0.717) is 12.0 Å². The van der Waals surface area contributed by atoms with Crippen molar-refractivity contribution in [2.75, 3.05) is 0 Å². The topological polar surface area (TPSA) is 8.17 Å². The second kappa shape index (κ2) is 12.5. The number of nitrogens with zero attached hydrogens (tertiary/aromatic N) is 2. The van der Waals surface area contributed by atoms with Gasteiger partial charge in [0.2, 0.25) is 0 Å². The van der Waals surface area contributed by atoms with Crippen molar-refractivity contribution < 1.29 is 0 Å². The monoisotopic (exact) mass is 650 g/mol. The van der Waals surface area contributed by atoms with Crippen LogP contribution in [0.5, 0.6) is 0 Å². The van der Waals surface area contributed by atoms with Gasteiger partial charge < -0.3 is 9.47 Å². The minimum absolute atomic E-state index is 0.539. The van der Waals surface area contributed by atoms with Gasteiger partial charge in [0.25, 0.3) is 0 Å². The summed E-state index contributed by atoms with van der Waals surface area (Å²) in [6, 6.07) is 36.5. The molecule has 0 amide bonds. The molecule has 1 aliphatic heterocycles. The summed E-state index contributed by atoms with van der Waals surface area (Å²) >= 11 is 0. The van der Waals surface area contributed by atoms with Gasteiger partial charge in [0.05, 0.1) is 11.0 Å². The smallest absolute Gasteiger partial charge is 0.0541 e. The molecule has 4 aromatic carbocycles. The van der Waals surface area contributed by atoms with Gasteiger partial charge in [-0.25, -0.2) is 0 Å². The SMILES string of the molecule is C1=CCC(C2=CC[C@H](N3C4=CC=C(c5ccc6c(c5)c5ccccc5n6-c5cccc(-c6ccccc6)c5)CC4C4=C3CCCC4)CC2)CC1. The highest BCUT2D eigenvalue weighted by Crippen LogP contribution is 2.52. The zero-order chi connectivity index (χ0) is 33.0. The first-order chi connectivity index (χ1) is 24.8. The van der Waals surface area contributed by atoms with Crippen LogP contribution in [0.2, 0.25) is 0 Å². The van der Waals surface area contributed by atoms with E-state index in [9.17, 15) is 0 Å². The predicted octanol–water partition coefficient (Wildman–Crippen LogP) is 12.7. The molecule has 2 heterocycles. The molecule has 0 bridgehead atoms. The predicted molar refractivity (Wildman–Crippen MR) is 210 cm³/mol. The van der Waals surface area contributed by atoms with E-state index in [4.69, 9.17) is 0 Å². The molecular weight excluding hydrogens is 605 g/mol. The van der Waals surface area contributed by atoms with Crippen LogP contribution < -0.4 is 0 Å². The van der Waals surface area contributed by atoms with Crippen molar-refractivity contribution >= 4 is 27.4 Å². The largest absolute Gasteiger partial charge is 0.345 e. The van der Waals surface area contributed by atoms with Gasteiger partial charge in [-0.2, -0.15) is 0 Å². The van der Waals surface area contributed by atoms with Crippen LogP contribution >= 0.6 is 0 Å². The Morgan fingerprint density at radius 2 is 1.48 bits per heavy atom. The molecule has 2 unspecified atom stereocenters. The average Bonchev–Trinajstić information content (AvgIpc) is 3.71. The van der Waals surface area contributed by atoms with Crippen molar-refractivity contribution in [1.29, 1.82) is 0 Å². The standard InChI is InChI=1S/C48H46N2/c1-3-12-33(13-4-1)35-22-26-39(27-23-35)49-45-20-9-7-18-41(45)43-31-37(24-28-47(43)49)38-25-29-48-44(32-38)42-19-8-10-21-46(42)50(48)40-17-11-16-36(30-40)34-14-5-2-6-15-34/h1-3,5-6,8,10-11,14-17,19,21-22,24-25,28-30,32-33,39,43H,4,7,9,12-13,18,20,23,26-27,31H2/t33?,39-,43?/m0/s1. The Kier molecular flexibility index (Phi) is 7.51. The lowest BCUT2D eigenvalue weighted by Crippen LogP contribution is -2.34. The first-order valence-corrected chi connectivity index (χ1v) is 19.3. The summed E-state index contributed by atoms with van der Waals surface area (Å²) in [6.07, 6.45) is 26.4. The second-order valence-electron chi connectivity index (χ2n) is 15.3. The Labute approximate surface area is 296 Å². The molecule has 3 atom stereocenters. The van der Waals surface area contributed by atoms with Gasteiger partial charge >= 0.3 is 0 Å². The van der Waals surface area contributed by atoms with Crippen LogP contribution in [0.15, 0.2) is 150 Å². The van der Waals surface area contributed by atoms with Crippen LogP contribution in [-0.2, 0) is 0 Å². The number of para-hydroxylation sites is 1. The number of benzene rings is 4. The van der Waals surface area contributed by atoms with E-state index in [2.05, 4.69) is 137 Å². The Bertz CT molecular complexity index is 2270. The molecule has 50 heavy (non-hydrogen) atoms. The van der Waals surface area contributed by atoms with Crippen molar-refractivity contribution in [3.8, 4) is 16.8 Å². The fourth-order valence-electron chi connectivity index (χ4n) is 10.1. The Morgan fingerprint density at radius 3 is 2.36 bits per heavy atom. The van der Waals surface area contributed by atoms with Crippen molar-refractivity contribution in [3.05, 3.63) is 156 Å². The van der Waals surface area contributed by atoms with Crippen molar-refractivity contribution in [2.45, 2.75) is 76.7 Å². The fraction of sp³-hybridized carbons (Fsp3) is 0.292. The number of allylic oxidation sites excluding steroid dienone is 8. The van der Waals surface area contributed by atoms with Crippen LogP contribution in [0.1, 0.15) is 76.2 Å². The molecule has 0 radical (unpaired) electrons. The lowest BCUT2D eigenvalue weighted by atomic mass is 9.80. The number of hydrogen-bond donors (Lipinski definition) is 0. The molecule has 0 fully saturated rings. The molecule has 1 aromatic heterocycles. The summed E-state index contributed by atoms with van der Waals surface area (Å²) in [7, 11) is 0. The Hall–Kier alpha value is -4.82. The Balaban J connectivity index is 0.999.